The second kappa shape index (κ2) is 13.0. The van der Waals surface area contributed by atoms with Crippen molar-refractivity contribution in [1.29, 1.82) is 0 Å². The van der Waals surface area contributed by atoms with E-state index in [0.717, 1.165) is 38.3 Å². The summed E-state index contributed by atoms with van der Waals surface area (Å²) in [7, 11) is 2.77. The Kier molecular flexibility index (Phi) is 10.1. The van der Waals surface area contributed by atoms with Gasteiger partial charge in [-0.1, -0.05) is 0 Å². The van der Waals surface area contributed by atoms with Crippen LogP contribution in [0.4, 0.5) is 14.9 Å². The van der Waals surface area contributed by atoms with Crippen LogP contribution in [0.25, 0.3) is 0 Å². The Balaban J connectivity index is 1.69. The Morgan fingerprint density at radius 3 is 2.54 bits per heavy atom. The molecule has 11 heteroatoms. The molecule has 0 saturated heterocycles. The molecule has 2 heterocycles. The Hall–Kier alpha value is -2.16. The summed E-state index contributed by atoms with van der Waals surface area (Å²) in [6.07, 6.45) is 1.27. The third-order valence-corrected chi connectivity index (χ3v) is 9.51. The van der Waals surface area contributed by atoms with E-state index in [2.05, 4.69) is 24.5 Å². The fourth-order valence-corrected chi connectivity index (χ4v) is 6.72. The van der Waals surface area contributed by atoms with Crippen molar-refractivity contribution in [3.63, 3.8) is 0 Å². The standard InChI is InChI=1S/C30H36ClFN3O4PS/c1-29(2,3)39-28(37)34-22-17-41-24-15-21(32)20(26-38-27(40-26)30(4,5)12-7-13-33-6)14-23(24)35(25(22)36)16-18-8-10-19(31)11-9-18/h8-11,14-15,22,33H,7,12-13,16-17H2,1-6H3/p+1/t22-/m0/s1. The first-order chi connectivity index (χ1) is 19.3. The van der Waals surface area contributed by atoms with Crippen LogP contribution in [0.15, 0.2) is 41.3 Å². The molecule has 2 N–H and O–H groups in total. The molecule has 0 saturated carbocycles. The fraction of sp³-hybridized carbons (Fsp3) is 0.467. The molecule has 2 amide bonds. The molecule has 0 bridgehead atoms. The molecule has 1 atom stereocenters. The summed E-state index contributed by atoms with van der Waals surface area (Å²) in [6, 6.07) is 9.47. The third kappa shape index (κ3) is 8.02. The summed E-state index contributed by atoms with van der Waals surface area (Å²) in [5.74, 6) is -0.502. The average molecular weight is 621 g/mol. The number of rotatable bonds is 9. The summed E-state index contributed by atoms with van der Waals surface area (Å²) in [4.78, 5) is 28.7. The molecule has 0 aromatic heterocycles. The molecule has 7 nitrogen and oxygen atoms in total. The van der Waals surface area contributed by atoms with Gasteiger partial charge in [0.2, 0.25) is 0 Å². The normalized spacial score (nSPS) is 17.4. The molecule has 2 aliphatic heterocycles. The van der Waals surface area contributed by atoms with Gasteiger partial charge in [-0.3, -0.25) is 0 Å². The van der Waals surface area contributed by atoms with Crippen molar-refractivity contribution >= 4 is 59.8 Å². The first kappa shape index (κ1) is 31.8. The predicted molar refractivity (Wildman–Crippen MR) is 167 cm³/mol. The van der Waals surface area contributed by atoms with Gasteiger partial charge in [0.25, 0.3) is 0 Å². The monoisotopic (exact) mass is 620 g/mol. The van der Waals surface area contributed by atoms with Crippen LogP contribution in [0, 0.1) is 11.2 Å². The van der Waals surface area contributed by atoms with E-state index >= 15 is 4.39 Å². The second-order valence-corrected chi connectivity index (χ2v) is 14.3. The van der Waals surface area contributed by atoms with Crippen molar-refractivity contribution < 1.29 is 23.5 Å². The average Bonchev–Trinajstić information content (AvgIpc) is 2.95. The van der Waals surface area contributed by atoms with Gasteiger partial charge in [-0.2, -0.15) is 0 Å². The molecule has 2 aromatic carbocycles. The second-order valence-electron chi connectivity index (χ2n) is 11.8. The van der Waals surface area contributed by atoms with Gasteiger partial charge in [0.1, 0.15) is 0 Å². The van der Waals surface area contributed by atoms with Gasteiger partial charge in [0, 0.05) is 0 Å². The molecule has 4 rings (SSSR count). The van der Waals surface area contributed by atoms with E-state index in [4.69, 9.17) is 21.1 Å². The van der Waals surface area contributed by atoms with Crippen LogP contribution in [0.1, 0.15) is 58.6 Å². The molecule has 2 aliphatic rings. The molecular weight excluding hydrogens is 584 g/mol. The van der Waals surface area contributed by atoms with Crippen molar-refractivity contribution in [2.24, 2.45) is 5.41 Å². The predicted octanol–water partition coefficient (Wildman–Crippen LogP) is 6.62. The number of alkyl carbamates (subject to hydrolysis) is 1. The Labute approximate surface area is 251 Å². The molecule has 41 heavy (non-hydrogen) atoms. The fourth-order valence-electron chi connectivity index (χ4n) is 4.48. The van der Waals surface area contributed by atoms with Gasteiger partial charge in [-0.25, -0.2) is 0 Å². The van der Waals surface area contributed by atoms with Crippen LogP contribution in [0.2, 0.25) is 5.02 Å². The zero-order valence-electron chi connectivity index (χ0n) is 24.3. The van der Waals surface area contributed by atoms with Gasteiger partial charge in [0.05, 0.1) is 0 Å². The van der Waals surface area contributed by atoms with Crippen LogP contribution >= 0.6 is 31.2 Å². The van der Waals surface area contributed by atoms with Crippen LogP contribution in [-0.2, 0) is 20.8 Å². The van der Waals surface area contributed by atoms with Crippen LogP contribution in [0.3, 0.4) is 0 Å². The Morgan fingerprint density at radius 1 is 1.22 bits per heavy atom. The number of halogens is 2. The summed E-state index contributed by atoms with van der Waals surface area (Å²) >= 11 is 7.41. The number of benzene rings is 2. The van der Waals surface area contributed by atoms with Gasteiger partial charge < -0.3 is 0 Å². The number of anilines is 1. The van der Waals surface area contributed by atoms with Gasteiger partial charge >= 0.3 is 252 Å². The van der Waals surface area contributed by atoms with E-state index in [0.29, 0.717) is 26.6 Å². The number of ether oxygens (including phenoxy) is 2. The van der Waals surface area contributed by atoms with Crippen molar-refractivity contribution in [3.8, 4) is 0 Å². The Morgan fingerprint density at radius 2 is 1.90 bits per heavy atom. The third-order valence-electron chi connectivity index (χ3n) is 6.69. The molecular formula is C30H37ClFN3O4PS+. The molecule has 0 fully saturated rings. The summed E-state index contributed by atoms with van der Waals surface area (Å²) in [5, 5.41) is 6.46. The first-order valence-electron chi connectivity index (χ1n) is 13.6. The number of nitrogens with one attached hydrogen (secondary N) is 2. The maximum atomic E-state index is 15.5. The number of amides is 2. The number of carbonyl (C=O) groups is 2. The maximum absolute atomic E-state index is 15.5. The van der Waals surface area contributed by atoms with Gasteiger partial charge in [0.15, 0.2) is 0 Å². The van der Waals surface area contributed by atoms with Crippen molar-refractivity contribution in [2.45, 2.75) is 70.5 Å². The number of hydrogen-bond donors (Lipinski definition) is 2. The zero-order chi connectivity index (χ0) is 29.9. The number of hydrogen-bond acceptors (Lipinski definition) is 6. The Bertz CT molecular complexity index is 1390. The van der Waals surface area contributed by atoms with Crippen LogP contribution in [0.5, 0.6) is 0 Å². The molecule has 0 unspecified atom stereocenters. The van der Waals surface area contributed by atoms with E-state index in [1.54, 1.807) is 43.9 Å². The van der Waals surface area contributed by atoms with E-state index in [9.17, 15) is 9.59 Å². The van der Waals surface area contributed by atoms with Crippen molar-refractivity contribution in [3.05, 3.63) is 58.4 Å². The minimum atomic E-state index is -0.870. The van der Waals surface area contributed by atoms with E-state index in [1.165, 1.54) is 17.8 Å². The summed E-state index contributed by atoms with van der Waals surface area (Å²) < 4.78 is 27.0. The minimum absolute atomic E-state index is 0.142. The van der Waals surface area contributed by atoms with Crippen LogP contribution < -0.4 is 15.5 Å². The van der Waals surface area contributed by atoms with Crippen molar-refractivity contribution in [2.75, 3.05) is 24.2 Å². The van der Waals surface area contributed by atoms with E-state index < -0.39 is 23.6 Å². The summed E-state index contributed by atoms with van der Waals surface area (Å²) in [6.45, 7) is 10.7. The quantitative estimate of drug-likeness (QED) is 0.242. The number of carbonyl (C=O) groups excluding carboxylic acids is 2. The van der Waals surface area contributed by atoms with E-state index in [-0.39, 0.29) is 23.6 Å². The van der Waals surface area contributed by atoms with Crippen LogP contribution in [-0.4, -0.2) is 53.9 Å². The zero-order valence-corrected chi connectivity index (χ0v) is 26.7. The molecule has 220 valence electrons. The molecule has 0 spiro atoms. The topological polar surface area (TPSA) is 79.9 Å². The molecule has 0 radical (unpaired) electrons. The number of fused-ring (bicyclic) bond motifs is 1. The number of thioether (sulfide) groups is 1. The summed E-state index contributed by atoms with van der Waals surface area (Å²) in [5.41, 5.74) is 2.30. The first-order valence-corrected chi connectivity index (χ1v) is 15.8. The molecule has 0 aliphatic carbocycles. The SMILES string of the molecule is CNCCCC(C)(C)C1=[P+]=C(c2cc3c(cc2F)SC[C@H](NC(=O)OC(C)(C)C)C(=O)N3Cc2ccc(Cl)cc2)O1. The molecule has 2 aromatic rings. The van der Waals surface area contributed by atoms with Gasteiger partial charge in [-0.05, 0) is 0 Å². The van der Waals surface area contributed by atoms with Gasteiger partial charge in [-0.15, -0.1) is 0 Å². The van der Waals surface area contributed by atoms with E-state index in [1.807, 2.05) is 19.2 Å². The number of nitrogens with zero attached hydrogens (tertiary/aromatic N) is 1. The van der Waals surface area contributed by atoms with Crippen molar-refractivity contribution in [1.82, 2.24) is 10.6 Å².